The highest BCUT2D eigenvalue weighted by Crippen LogP contribution is 2.45. The third-order valence-corrected chi connectivity index (χ3v) is 22.0. The Bertz CT molecular complexity index is 1980. The van der Waals surface area contributed by atoms with Gasteiger partial charge in [-0.15, -0.1) is 0 Å². The van der Waals surface area contributed by atoms with Gasteiger partial charge in [0.15, 0.2) is 12.2 Å². The number of carbonyl (C=O) groups is 4. The van der Waals surface area contributed by atoms with Crippen LogP contribution in [-0.2, 0) is 65.4 Å². The molecule has 3 unspecified atom stereocenters. The third kappa shape index (κ3) is 76.6. The molecular formula is C84H164O17P2. The fourth-order valence-electron chi connectivity index (χ4n) is 13.0. The summed E-state index contributed by atoms with van der Waals surface area (Å²) in [5.74, 6) is -0.464. The van der Waals surface area contributed by atoms with Gasteiger partial charge in [0, 0.05) is 25.7 Å². The molecule has 103 heavy (non-hydrogen) atoms. The summed E-state index contributed by atoms with van der Waals surface area (Å²) < 4.78 is 68.9. The van der Waals surface area contributed by atoms with E-state index in [0.29, 0.717) is 25.7 Å². The maximum absolute atomic E-state index is 13.1. The van der Waals surface area contributed by atoms with E-state index in [0.717, 1.165) is 102 Å². The predicted molar refractivity (Wildman–Crippen MR) is 423 cm³/mol. The lowest BCUT2D eigenvalue weighted by Crippen LogP contribution is -2.30. The molecular weight excluding hydrogens is 1340 g/mol. The Labute approximate surface area is 632 Å². The van der Waals surface area contributed by atoms with E-state index >= 15 is 0 Å². The van der Waals surface area contributed by atoms with Crippen LogP contribution in [-0.4, -0.2) is 96.7 Å². The molecule has 0 aliphatic rings. The van der Waals surface area contributed by atoms with Gasteiger partial charge < -0.3 is 33.8 Å². The van der Waals surface area contributed by atoms with Gasteiger partial charge in [0.25, 0.3) is 0 Å². The molecule has 0 saturated carbocycles. The number of phosphoric acid groups is 2. The maximum atomic E-state index is 13.1. The highest BCUT2D eigenvalue weighted by atomic mass is 31.2. The van der Waals surface area contributed by atoms with E-state index in [1.165, 1.54) is 263 Å². The van der Waals surface area contributed by atoms with Crippen LogP contribution in [0.3, 0.4) is 0 Å². The molecule has 0 aromatic carbocycles. The largest absolute Gasteiger partial charge is 0.472 e. The second-order valence-electron chi connectivity index (χ2n) is 30.9. The van der Waals surface area contributed by atoms with Crippen LogP contribution in [0.1, 0.15) is 446 Å². The number of rotatable bonds is 83. The summed E-state index contributed by atoms with van der Waals surface area (Å²) in [4.78, 5) is 73.2. The molecule has 0 aliphatic heterocycles. The van der Waals surface area contributed by atoms with Gasteiger partial charge in [-0.05, 0) is 37.5 Å². The summed E-state index contributed by atoms with van der Waals surface area (Å²) in [6.07, 6.45) is 66.3. The van der Waals surface area contributed by atoms with Crippen molar-refractivity contribution in [1.29, 1.82) is 0 Å². The quantitative estimate of drug-likeness (QED) is 0.0222. The normalized spacial score (nSPS) is 14.1. The Morgan fingerprint density at radius 3 is 0.738 bits per heavy atom. The molecule has 0 aliphatic carbocycles. The molecule has 0 heterocycles. The van der Waals surface area contributed by atoms with Crippen molar-refractivity contribution in [3.63, 3.8) is 0 Å². The molecule has 19 heteroatoms. The zero-order valence-corrected chi connectivity index (χ0v) is 69.4. The van der Waals surface area contributed by atoms with Crippen LogP contribution >= 0.6 is 15.6 Å². The van der Waals surface area contributed by atoms with E-state index in [-0.39, 0.29) is 25.7 Å². The summed E-state index contributed by atoms with van der Waals surface area (Å²) in [5, 5.41) is 10.7. The van der Waals surface area contributed by atoms with Crippen LogP contribution in [0.15, 0.2) is 0 Å². The van der Waals surface area contributed by atoms with Gasteiger partial charge in [0.05, 0.1) is 26.4 Å². The zero-order valence-electron chi connectivity index (χ0n) is 67.6. The molecule has 0 radical (unpaired) electrons. The molecule has 0 aromatic rings. The molecule has 0 bridgehead atoms. The number of aliphatic hydroxyl groups is 1. The second-order valence-corrected chi connectivity index (χ2v) is 33.8. The van der Waals surface area contributed by atoms with Gasteiger partial charge in [-0.3, -0.25) is 37.3 Å². The fraction of sp³-hybridized carbons (Fsp3) is 0.952. The maximum Gasteiger partial charge on any atom is 0.472 e. The van der Waals surface area contributed by atoms with Crippen LogP contribution in [0.25, 0.3) is 0 Å². The highest BCUT2D eigenvalue weighted by Gasteiger charge is 2.30. The number of phosphoric ester groups is 2. The SMILES string of the molecule is CCCCCCCCCCCCCCCCCCC(=O)O[C@H](COC(=O)CCCCCCCCCCCCCCC)COP(=O)(O)OC[C@H](O)COP(=O)(O)OC[C@@H](COC(=O)CCCCCCCCCCCCCCCC(C)C)OC(=O)CCCCCCCCCCCCCCCCC(C)CC. The lowest BCUT2D eigenvalue weighted by Gasteiger charge is -2.21. The van der Waals surface area contributed by atoms with E-state index in [1.54, 1.807) is 0 Å². The Balaban J connectivity index is 5.27. The average Bonchev–Trinajstić information content (AvgIpc) is 0.912. The first-order chi connectivity index (χ1) is 49.9. The highest BCUT2D eigenvalue weighted by molar-refractivity contribution is 7.47. The van der Waals surface area contributed by atoms with Gasteiger partial charge in [-0.1, -0.05) is 395 Å². The van der Waals surface area contributed by atoms with Crippen molar-refractivity contribution in [2.45, 2.75) is 464 Å². The van der Waals surface area contributed by atoms with E-state index < -0.39 is 97.5 Å². The number of hydrogen-bond acceptors (Lipinski definition) is 15. The van der Waals surface area contributed by atoms with Crippen molar-refractivity contribution in [1.82, 2.24) is 0 Å². The van der Waals surface area contributed by atoms with Crippen molar-refractivity contribution in [2.75, 3.05) is 39.6 Å². The minimum atomic E-state index is -4.96. The molecule has 0 aromatic heterocycles. The van der Waals surface area contributed by atoms with Gasteiger partial charge in [-0.25, -0.2) is 9.13 Å². The molecule has 0 rings (SSSR count). The molecule has 612 valence electrons. The Kier molecular flexibility index (Phi) is 74.1. The van der Waals surface area contributed by atoms with Gasteiger partial charge >= 0.3 is 39.5 Å². The van der Waals surface area contributed by atoms with Crippen molar-refractivity contribution in [3.05, 3.63) is 0 Å². The van der Waals surface area contributed by atoms with Crippen molar-refractivity contribution in [3.8, 4) is 0 Å². The Hall–Kier alpha value is -1.94. The first kappa shape index (κ1) is 101. The lowest BCUT2D eigenvalue weighted by atomic mass is 9.99. The van der Waals surface area contributed by atoms with E-state index in [9.17, 15) is 43.2 Å². The summed E-state index contributed by atoms with van der Waals surface area (Å²) in [6.45, 7) is 9.74. The van der Waals surface area contributed by atoms with Crippen molar-refractivity contribution in [2.24, 2.45) is 11.8 Å². The number of esters is 4. The minimum Gasteiger partial charge on any atom is -0.462 e. The molecule has 0 spiro atoms. The lowest BCUT2D eigenvalue weighted by molar-refractivity contribution is -0.161. The zero-order chi connectivity index (χ0) is 75.6. The average molecular weight is 1510 g/mol. The molecule has 0 amide bonds. The van der Waals surface area contributed by atoms with Crippen LogP contribution < -0.4 is 0 Å². The molecule has 6 atom stereocenters. The standard InChI is InChI=1S/C84H164O17P2/c1-7-10-12-14-16-18-20-22-23-24-31-38-44-50-56-62-68-83(88)100-79(72-94-81(86)66-60-54-48-42-36-28-21-19-17-15-13-11-8-2)74-98-102(90,91)96-70-78(85)71-97-103(92,93)99-75-80(73-95-82(87)67-61-55-49-43-37-33-27-29-34-40-46-52-58-64-76(4)5)101-84(89)69-63-57-51-45-39-32-26-25-30-35-41-47-53-59-65-77(6)9-3/h76-80,85H,7-75H2,1-6H3,(H,90,91)(H,92,93)/t77?,78-,79+,80+/m0/s1. The Morgan fingerprint density at radius 1 is 0.282 bits per heavy atom. The van der Waals surface area contributed by atoms with Gasteiger partial charge in [-0.2, -0.15) is 0 Å². The van der Waals surface area contributed by atoms with Gasteiger partial charge in [0.2, 0.25) is 0 Å². The molecule has 17 nitrogen and oxygen atoms in total. The number of ether oxygens (including phenoxy) is 4. The Morgan fingerprint density at radius 2 is 0.495 bits per heavy atom. The molecule has 0 saturated heterocycles. The first-order valence-corrected chi connectivity index (χ1v) is 46.5. The van der Waals surface area contributed by atoms with Crippen molar-refractivity contribution < 1.29 is 80.2 Å². The fourth-order valence-corrected chi connectivity index (χ4v) is 14.6. The third-order valence-electron chi connectivity index (χ3n) is 20.1. The van der Waals surface area contributed by atoms with Crippen LogP contribution in [0.5, 0.6) is 0 Å². The van der Waals surface area contributed by atoms with Crippen LogP contribution in [0.4, 0.5) is 0 Å². The van der Waals surface area contributed by atoms with Crippen LogP contribution in [0.2, 0.25) is 0 Å². The summed E-state index contributed by atoms with van der Waals surface area (Å²) >= 11 is 0. The summed E-state index contributed by atoms with van der Waals surface area (Å²) in [6, 6.07) is 0. The van der Waals surface area contributed by atoms with Crippen LogP contribution in [0, 0.1) is 11.8 Å². The van der Waals surface area contributed by atoms with E-state index in [1.807, 2.05) is 0 Å². The van der Waals surface area contributed by atoms with E-state index in [2.05, 4.69) is 41.5 Å². The number of unbranched alkanes of at least 4 members (excludes halogenated alkanes) is 52. The topological polar surface area (TPSA) is 237 Å². The summed E-state index contributed by atoms with van der Waals surface area (Å²) in [7, 11) is -9.93. The summed E-state index contributed by atoms with van der Waals surface area (Å²) in [5.41, 5.74) is 0. The van der Waals surface area contributed by atoms with E-state index in [4.69, 9.17) is 37.0 Å². The number of carbonyl (C=O) groups excluding carboxylic acids is 4. The van der Waals surface area contributed by atoms with Gasteiger partial charge in [0.1, 0.15) is 19.3 Å². The van der Waals surface area contributed by atoms with Crippen molar-refractivity contribution >= 4 is 39.5 Å². The second kappa shape index (κ2) is 75.5. The molecule has 3 N–H and O–H groups in total. The first-order valence-electron chi connectivity index (χ1n) is 43.5. The minimum absolute atomic E-state index is 0.108. The number of aliphatic hydroxyl groups excluding tert-OH is 1. The number of hydrogen-bond donors (Lipinski definition) is 3. The smallest absolute Gasteiger partial charge is 0.462 e. The molecule has 0 fully saturated rings. The monoisotopic (exact) mass is 1510 g/mol. The predicted octanol–water partition coefficient (Wildman–Crippen LogP) is 25.5.